The van der Waals surface area contributed by atoms with Crippen LogP contribution in [0.15, 0.2) is 47.4 Å². The molecule has 0 spiro atoms. The van der Waals surface area contributed by atoms with Gasteiger partial charge in [0.25, 0.3) is 5.91 Å². The summed E-state index contributed by atoms with van der Waals surface area (Å²) >= 11 is 1.51. The van der Waals surface area contributed by atoms with Crippen molar-refractivity contribution in [1.29, 1.82) is 0 Å². The molecule has 29 heavy (non-hydrogen) atoms. The highest BCUT2D eigenvalue weighted by molar-refractivity contribution is 7.98. The largest absolute Gasteiger partial charge is 0.497 e. The van der Waals surface area contributed by atoms with E-state index in [-0.39, 0.29) is 11.7 Å². The average molecular weight is 435 g/mol. The average Bonchev–Trinajstić information content (AvgIpc) is 2.75. The number of rotatable bonds is 8. The van der Waals surface area contributed by atoms with Crippen molar-refractivity contribution in [1.82, 2.24) is 9.62 Å². The molecule has 2 aromatic rings. The monoisotopic (exact) mass is 434 g/mol. The van der Waals surface area contributed by atoms with E-state index in [1.165, 1.54) is 16.1 Å². The minimum Gasteiger partial charge on any atom is -0.497 e. The summed E-state index contributed by atoms with van der Waals surface area (Å²) in [7, 11) is -1.75. The molecule has 6 nitrogen and oxygen atoms in total. The molecular weight excluding hydrogens is 408 g/mol. The molecule has 0 bridgehead atoms. The van der Waals surface area contributed by atoms with E-state index in [1.54, 1.807) is 13.2 Å². The predicted octanol–water partition coefficient (Wildman–Crippen LogP) is 2.93. The van der Waals surface area contributed by atoms with Gasteiger partial charge in [0.05, 0.1) is 18.4 Å². The summed E-state index contributed by atoms with van der Waals surface area (Å²) in [5.41, 5.74) is 2.77. The van der Waals surface area contributed by atoms with Crippen LogP contribution in [0.3, 0.4) is 0 Å². The third-order valence-electron chi connectivity index (χ3n) is 5.00. The molecule has 1 heterocycles. The fourth-order valence-corrected chi connectivity index (χ4v) is 5.45. The van der Waals surface area contributed by atoms with Crippen LogP contribution in [0.1, 0.15) is 27.9 Å². The molecule has 0 aromatic heterocycles. The Labute approximate surface area is 176 Å². The second-order valence-corrected chi connectivity index (χ2v) is 9.78. The first-order chi connectivity index (χ1) is 13.9. The number of fused-ring (bicyclic) bond motifs is 1. The van der Waals surface area contributed by atoms with Crippen LogP contribution in [0.2, 0.25) is 0 Å². The number of amides is 1. The van der Waals surface area contributed by atoms with E-state index in [0.717, 1.165) is 21.8 Å². The molecule has 0 atom stereocenters. The normalized spacial score (nSPS) is 14.3. The number of carbonyl (C=O) groups excluding carboxylic acids is 1. The molecule has 0 unspecified atom stereocenters. The van der Waals surface area contributed by atoms with Gasteiger partial charge in [-0.3, -0.25) is 4.79 Å². The number of ether oxygens (including phenoxy) is 1. The quantitative estimate of drug-likeness (QED) is 0.511. The zero-order valence-corrected chi connectivity index (χ0v) is 18.3. The lowest BCUT2D eigenvalue weighted by molar-refractivity contribution is 0.0950. The van der Waals surface area contributed by atoms with Crippen molar-refractivity contribution in [3.05, 3.63) is 59.2 Å². The van der Waals surface area contributed by atoms with Gasteiger partial charge in [0.2, 0.25) is 10.0 Å². The third kappa shape index (κ3) is 5.32. The molecule has 1 aliphatic rings. The number of benzene rings is 2. The number of hydrogen-bond acceptors (Lipinski definition) is 5. The lowest BCUT2D eigenvalue weighted by atomic mass is 10.0. The van der Waals surface area contributed by atoms with Crippen LogP contribution >= 0.6 is 11.8 Å². The molecule has 0 radical (unpaired) electrons. The van der Waals surface area contributed by atoms with E-state index < -0.39 is 10.0 Å². The third-order valence-corrected chi connectivity index (χ3v) is 7.70. The van der Waals surface area contributed by atoms with Gasteiger partial charge in [-0.25, -0.2) is 8.42 Å². The number of methoxy groups -OCH3 is 1. The molecule has 2 aromatic carbocycles. The van der Waals surface area contributed by atoms with Crippen LogP contribution in [0.25, 0.3) is 0 Å². The Morgan fingerprint density at radius 1 is 1.21 bits per heavy atom. The van der Waals surface area contributed by atoms with Crippen molar-refractivity contribution >= 4 is 27.7 Å². The highest BCUT2D eigenvalue weighted by Crippen LogP contribution is 2.25. The standard InChI is InChI=1S/C21H26N2O4S2/c1-27-18-9-8-17-15-23(12-10-16(17)14-18)29(25,26)13-5-11-22-21(24)19-6-3-4-7-20(19)28-2/h3-4,6-9,14H,5,10-13,15H2,1-2H3,(H,22,24). The first-order valence-electron chi connectivity index (χ1n) is 9.49. The summed E-state index contributed by atoms with van der Waals surface area (Å²) in [5, 5.41) is 2.83. The molecule has 156 valence electrons. The van der Waals surface area contributed by atoms with Gasteiger partial charge in [-0.2, -0.15) is 4.31 Å². The Hall–Kier alpha value is -2.03. The Morgan fingerprint density at radius 3 is 2.76 bits per heavy atom. The van der Waals surface area contributed by atoms with E-state index in [0.29, 0.717) is 38.0 Å². The summed E-state index contributed by atoms with van der Waals surface area (Å²) in [6.45, 7) is 1.17. The van der Waals surface area contributed by atoms with Gasteiger partial charge < -0.3 is 10.1 Å². The van der Waals surface area contributed by atoms with Crippen LogP contribution in [-0.2, 0) is 23.0 Å². The zero-order valence-electron chi connectivity index (χ0n) is 16.7. The van der Waals surface area contributed by atoms with E-state index in [2.05, 4.69) is 5.32 Å². The summed E-state index contributed by atoms with van der Waals surface area (Å²) in [6.07, 6.45) is 2.97. The fraction of sp³-hybridized carbons (Fsp3) is 0.381. The van der Waals surface area contributed by atoms with Crippen molar-refractivity contribution in [2.24, 2.45) is 0 Å². The lowest BCUT2D eigenvalue weighted by Gasteiger charge is -2.28. The number of carbonyl (C=O) groups is 1. The smallest absolute Gasteiger partial charge is 0.252 e. The maximum atomic E-state index is 12.7. The van der Waals surface area contributed by atoms with Gasteiger partial charge in [-0.05, 0) is 54.5 Å². The number of sulfonamides is 1. The van der Waals surface area contributed by atoms with Gasteiger partial charge in [0.15, 0.2) is 0 Å². The van der Waals surface area contributed by atoms with E-state index >= 15 is 0 Å². The Balaban J connectivity index is 1.52. The minimum absolute atomic E-state index is 0.0168. The van der Waals surface area contributed by atoms with E-state index in [1.807, 2.05) is 42.7 Å². The maximum Gasteiger partial charge on any atom is 0.252 e. The van der Waals surface area contributed by atoms with Gasteiger partial charge >= 0.3 is 0 Å². The molecule has 0 aliphatic carbocycles. The maximum absolute atomic E-state index is 12.7. The molecule has 0 saturated heterocycles. The highest BCUT2D eigenvalue weighted by Gasteiger charge is 2.26. The lowest BCUT2D eigenvalue weighted by Crippen LogP contribution is -2.38. The van der Waals surface area contributed by atoms with Crippen molar-refractivity contribution in [2.45, 2.75) is 24.3 Å². The molecule has 0 fully saturated rings. The van der Waals surface area contributed by atoms with E-state index in [4.69, 9.17) is 4.74 Å². The SMILES string of the molecule is COc1ccc2c(c1)CCN(S(=O)(=O)CCCNC(=O)c1ccccc1SC)C2. The first kappa shape index (κ1) is 21.7. The van der Waals surface area contributed by atoms with Gasteiger partial charge in [-0.1, -0.05) is 18.2 Å². The van der Waals surface area contributed by atoms with Crippen molar-refractivity contribution in [3.8, 4) is 5.75 Å². The number of nitrogens with one attached hydrogen (secondary N) is 1. The van der Waals surface area contributed by atoms with Gasteiger partial charge in [-0.15, -0.1) is 11.8 Å². The number of nitrogens with zero attached hydrogens (tertiary/aromatic N) is 1. The fourth-order valence-electron chi connectivity index (χ4n) is 3.38. The minimum atomic E-state index is -3.37. The molecule has 1 amide bonds. The molecule has 1 aliphatic heterocycles. The summed E-state index contributed by atoms with van der Waals surface area (Å²) in [4.78, 5) is 13.2. The second kappa shape index (κ2) is 9.65. The number of hydrogen-bond donors (Lipinski definition) is 1. The first-order valence-corrected chi connectivity index (χ1v) is 12.3. The van der Waals surface area contributed by atoms with Crippen LogP contribution in [0.4, 0.5) is 0 Å². The van der Waals surface area contributed by atoms with Crippen molar-refractivity contribution in [3.63, 3.8) is 0 Å². The highest BCUT2D eigenvalue weighted by atomic mass is 32.2. The van der Waals surface area contributed by atoms with Crippen molar-refractivity contribution < 1.29 is 17.9 Å². The van der Waals surface area contributed by atoms with Gasteiger partial charge in [0.1, 0.15) is 5.75 Å². The summed E-state index contributed by atoms with van der Waals surface area (Å²) < 4.78 is 32.2. The predicted molar refractivity (Wildman–Crippen MR) is 116 cm³/mol. The van der Waals surface area contributed by atoms with Crippen molar-refractivity contribution in [2.75, 3.05) is 32.2 Å². The van der Waals surface area contributed by atoms with Crippen LogP contribution in [0, 0.1) is 0 Å². The Morgan fingerprint density at radius 2 is 2.00 bits per heavy atom. The molecule has 8 heteroatoms. The van der Waals surface area contributed by atoms with E-state index in [9.17, 15) is 13.2 Å². The number of thioether (sulfide) groups is 1. The Kier molecular flexibility index (Phi) is 7.21. The summed E-state index contributed by atoms with van der Waals surface area (Å²) in [6, 6.07) is 13.1. The molecular formula is C21H26N2O4S2. The van der Waals surface area contributed by atoms with Crippen LogP contribution in [-0.4, -0.2) is 50.8 Å². The summed E-state index contributed by atoms with van der Waals surface area (Å²) in [5.74, 6) is 0.634. The second-order valence-electron chi connectivity index (χ2n) is 6.84. The zero-order chi connectivity index (χ0) is 20.9. The van der Waals surface area contributed by atoms with Crippen LogP contribution < -0.4 is 10.1 Å². The molecule has 3 rings (SSSR count). The molecule has 0 saturated carbocycles. The molecule has 1 N–H and O–H groups in total. The Bertz CT molecular complexity index is 976. The van der Waals surface area contributed by atoms with Crippen LogP contribution in [0.5, 0.6) is 5.75 Å². The topological polar surface area (TPSA) is 75.7 Å². The van der Waals surface area contributed by atoms with Gasteiger partial charge in [0, 0.05) is 24.5 Å².